The van der Waals surface area contributed by atoms with Gasteiger partial charge in [-0.15, -0.1) is 11.3 Å². The zero-order valence-corrected chi connectivity index (χ0v) is 17.5. The van der Waals surface area contributed by atoms with Crippen LogP contribution in [0.5, 0.6) is 5.75 Å². The van der Waals surface area contributed by atoms with Crippen LogP contribution in [0.2, 0.25) is 0 Å². The maximum absolute atomic E-state index is 12.6. The molecule has 0 saturated heterocycles. The number of benzene rings is 1. The predicted octanol–water partition coefficient (Wildman–Crippen LogP) is 4.00. The first kappa shape index (κ1) is 20.1. The average Bonchev–Trinajstić information content (AvgIpc) is 3.29. The Bertz CT molecular complexity index is 915. The Kier molecular flexibility index (Phi) is 6.46. The highest BCUT2D eigenvalue weighted by molar-refractivity contribution is 7.13. The first-order valence-corrected chi connectivity index (χ1v) is 10.3. The SMILES string of the molecule is CCOc1ccc(-c2nc(CC(=O)NC(c3nccn3C)C(C)C)cs2)cc1. The lowest BCUT2D eigenvalue weighted by Gasteiger charge is -2.21. The van der Waals surface area contributed by atoms with Crippen LogP contribution in [0.15, 0.2) is 42.0 Å². The molecule has 0 saturated carbocycles. The molecule has 1 N–H and O–H groups in total. The summed E-state index contributed by atoms with van der Waals surface area (Å²) in [7, 11) is 1.94. The summed E-state index contributed by atoms with van der Waals surface area (Å²) in [6.45, 7) is 6.76. The largest absolute Gasteiger partial charge is 0.494 e. The highest BCUT2D eigenvalue weighted by Crippen LogP contribution is 2.26. The number of aryl methyl sites for hydroxylation is 1. The zero-order valence-electron chi connectivity index (χ0n) is 16.7. The van der Waals surface area contributed by atoms with Crippen molar-refractivity contribution in [1.29, 1.82) is 0 Å². The number of nitrogens with one attached hydrogen (secondary N) is 1. The number of imidazole rings is 1. The van der Waals surface area contributed by atoms with Crippen molar-refractivity contribution in [2.24, 2.45) is 13.0 Å². The molecule has 0 radical (unpaired) electrons. The fraction of sp³-hybridized carbons (Fsp3) is 0.381. The molecule has 6 nitrogen and oxygen atoms in total. The summed E-state index contributed by atoms with van der Waals surface area (Å²) in [5.74, 6) is 1.89. The van der Waals surface area contributed by atoms with E-state index < -0.39 is 0 Å². The van der Waals surface area contributed by atoms with Crippen LogP contribution in [0.4, 0.5) is 0 Å². The third-order valence-electron chi connectivity index (χ3n) is 4.43. The van der Waals surface area contributed by atoms with E-state index in [1.54, 1.807) is 17.5 Å². The van der Waals surface area contributed by atoms with Crippen LogP contribution in [0, 0.1) is 5.92 Å². The van der Waals surface area contributed by atoms with Gasteiger partial charge in [-0.25, -0.2) is 9.97 Å². The standard InChI is InChI=1S/C21H26N4O2S/c1-5-27-17-8-6-15(7-9-17)21-23-16(13-28-21)12-18(26)24-19(14(2)3)20-22-10-11-25(20)4/h6-11,13-14,19H,5,12H2,1-4H3,(H,24,26). The number of rotatable bonds is 8. The van der Waals surface area contributed by atoms with Crippen LogP contribution in [0.25, 0.3) is 10.6 Å². The Morgan fingerprint density at radius 3 is 2.64 bits per heavy atom. The van der Waals surface area contributed by atoms with Crippen molar-refractivity contribution >= 4 is 17.2 Å². The molecular formula is C21H26N4O2S. The minimum Gasteiger partial charge on any atom is -0.494 e. The average molecular weight is 399 g/mol. The highest BCUT2D eigenvalue weighted by atomic mass is 32.1. The molecule has 1 unspecified atom stereocenters. The number of carbonyl (C=O) groups is 1. The van der Waals surface area contributed by atoms with Gasteiger partial charge in [0.25, 0.3) is 0 Å². The normalized spacial score (nSPS) is 12.2. The van der Waals surface area contributed by atoms with Gasteiger partial charge in [-0.3, -0.25) is 4.79 Å². The van der Waals surface area contributed by atoms with Crippen molar-refractivity contribution < 1.29 is 9.53 Å². The van der Waals surface area contributed by atoms with Crippen molar-refractivity contribution in [2.75, 3.05) is 6.61 Å². The van der Waals surface area contributed by atoms with Gasteiger partial charge in [0.1, 0.15) is 16.6 Å². The lowest BCUT2D eigenvalue weighted by molar-refractivity contribution is -0.121. The molecule has 2 aromatic heterocycles. The van der Waals surface area contributed by atoms with E-state index in [9.17, 15) is 4.79 Å². The van der Waals surface area contributed by atoms with Crippen LogP contribution in [0.1, 0.15) is 38.3 Å². The van der Waals surface area contributed by atoms with Gasteiger partial charge in [0, 0.05) is 30.4 Å². The lowest BCUT2D eigenvalue weighted by Crippen LogP contribution is -2.34. The van der Waals surface area contributed by atoms with Crippen molar-refractivity contribution in [1.82, 2.24) is 19.9 Å². The van der Waals surface area contributed by atoms with Crippen LogP contribution >= 0.6 is 11.3 Å². The van der Waals surface area contributed by atoms with Crippen LogP contribution in [-0.4, -0.2) is 27.0 Å². The Balaban J connectivity index is 1.65. The molecular weight excluding hydrogens is 372 g/mol. The van der Waals surface area contributed by atoms with Crippen LogP contribution in [-0.2, 0) is 18.3 Å². The van der Waals surface area contributed by atoms with Crippen LogP contribution in [0.3, 0.4) is 0 Å². The van der Waals surface area contributed by atoms with Crippen molar-refractivity contribution in [3.8, 4) is 16.3 Å². The Labute approximate surface area is 169 Å². The quantitative estimate of drug-likeness (QED) is 0.623. The van der Waals surface area contributed by atoms with Crippen molar-refractivity contribution in [3.63, 3.8) is 0 Å². The monoisotopic (exact) mass is 398 g/mol. The summed E-state index contributed by atoms with van der Waals surface area (Å²) in [5.41, 5.74) is 1.79. The summed E-state index contributed by atoms with van der Waals surface area (Å²) in [6, 6.07) is 7.73. The van der Waals surface area contributed by atoms with Gasteiger partial charge < -0.3 is 14.6 Å². The maximum Gasteiger partial charge on any atom is 0.226 e. The van der Waals surface area contributed by atoms with E-state index in [0.717, 1.165) is 27.8 Å². The Hall–Kier alpha value is -2.67. The van der Waals surface area contributed by atoms with Gasteiger partial charge in [-0.05, 0) is 37.1 Å². The van der Waals surface area contributed by atoms with Crippen LogP contribution < -0.4 is 10.1 Å². The van der Waals surface area contributed by atoms with Gasteiger partial charge in [0.2, 0.25) is 5.91 Å². The number of nitrogens with zero attached hydrogens (tertiary/aromatic N) is 3. The van der Waals surface area contributed by atoms with Crippen molar-refractivity contribution in [3.05, 3.63) is 53.6 Å². The Morgan fingerprint density at radius 1 is 1.29 bits per heavy atom. The molecule has 0 spiro atoms. The second-order valence-electron chi connectivity index (χ2n) is 6.96. The number of amides is 1. The summed E-state index contributed by atoms with van der Waals surface area (Å²) in [5, 5.41) is 5.94. The lowest BCUT2D eigenvalue weighted by atomic mass is 10.0. The first-order valence-electron chi connectivity index (χ1n) is 9.42. The molecule has 0 aliphatic carbocycles. The molecule has 3 aromatic rings. The first-order chi connectivity index (χ1) is 13.5. The van der Waals surface area contributed by atoms with Gasteiger partial charge >= 0.3 is 0 Å². The van der Waals surface area contributed by atoms with Gasteiger partial charge in [-0.1, -0.05) is 13.8 Å². The third kappa shape index (κ3) is 4.78. The topological polar surface area (TPSA) is 69.0 Å². The molecule has 1 amide bonds. The molecule has 28 heavy (non-hydrogen) atoms. The third-order valence-corrected chi connectivity index (χ3v) is 5.37. The fourth-order valence-corrected chi connectivity index (χ4v) is 3.80. The second-order valence-corrected chi connectivity index (χ2v) is 7.82. The molecule has 1 aromatic carbocycles. The van der Waals surface area contributed by atoms with E-state index in [1.807, 2.05) is 54.4 Å². The maximum atomic E-state index is 12.6. The molecule has 0 aliphatic heterocycles. The molecule has 148 valence electrons. The molecule has 2 heterocycles. The number of hydrogen-bond donors (Lipinski definition) is 1. The fourth-order valence-electron chi connectivity index (χ4n) is 2.98. The van der Waals surface area contributed by atoms with E-state index in [1.165, 1.54) is 0 Å². The van der Waals surface area contributed by atoms with E-state index in [2.05, 4.69) is 29.1 Å². The number of aromatic nitrogens is 3. The van der Waals surface area contributed by atoms with E-state index in [4.69, 9.17) is 4.74 Å². The summed E-state index contributed by atoms with van der Waals surface area (Å²) < 4.78 is 7.42. The van der Waals surface area contributed by atoms with Gasteiger partial charge in [0.15, 0.2) is 0 Å². The summed E-state index contributed by atoms with van der Waals surface area (Å²) in [6.07, 6.45) is 3.89. The van der Waals surface area contributed by atoms with Crippen molar-refractivity contribution in [2.45, 2.75) is 33.2 Å². The molecule has 7 heteroatoms. The smallest absolute Gasteiger partial charge is 0.226 e. The number of hydrogen-bond acceptors (Lipinski definition) is 5. The minimum atomic E-state index is -0.128. The summed E-state index contributed by atoms with van der Waals surface area (Å²) in [4.78, 5) is 21.6. The number of ether oxygens (including phenoxy) is 1. The zero-order chi connectivity index (χ0) is 20.1. The van der Waals surface area contributed by atoms with Gasteiger partial charge in [-0.2, -0.15) is 0 Å². The predicted molar refractivity (Wildman–Crippen MR) is 111 cm³/mol. The van der Waals surface area contributed by atoms with E-state index in [0.29, 0.717) is 6.61 Å². The second kappa shape index (κ2) is 9.01. The molecule has 1 atom stereocenters. The van der Waals surface area contributed by atoms with E-state index in [-0.39, 0.29) is 24.3 Å². The molecule has 0 fully saturated rings. The number of carbonyl (C=O) groups excluding carboxylic acids is 1. The number of thiazole rings is 1. The molecule has 3 rings (SSSR count). The minimum absolute atomic E-state index is 0.0507. The molecule has 0 aliphatic rings. The highest BCUT2D eigenvalue weighted by Gasteiger charge is 2.22. The van der Waals surface area contributed by atoms with E-state index >= 15 is 0 Å². The summed E-state index contributed by atoms with van der Waals surface area (Å²) >= 11 is 1.54. The van der Waals surface area contributed by atoms with Gasteiger partial charge in [0.05, 0.1) is 24.8 Å². The Morgan fingerprint density at radius 2 is 2.04 bits per heavy atom. The molecule has 0 bridgehead atoms.